The summed E-state index contributed by atoms with van der Waals surface area (Å²) in [4.78, 5) is 12.2. The number of aryl methyl sites for hydroxylation is 3. The Morgan fingerprint density at radius 3 is 2.24 bits per heavy atom. The maximum atomic E-state index is 4.71. The Bertz CT molecular complexity index is 1470. The highest BCUT2D eigenvalue weighted by Crippen LogP contribution is 2.35. The number of rotatable bonds is 5. The second kappa shape index (κ2) is 12.8. The molecule has 3 aromatic heterocycles. The molecule has 1 fully saturated rings. The molecule has 38 heavy (non-hydrogen) atoms. The van der Waals surface area contributed by atoms with Crippen LogP contribution in [0.5, 0.6) is 0 Å². The van der Waals surface area contributed by atoms with E-state index < -0.39 is 0 Å². The minimum Gasteiger partial charge on any atom is -0.412 e. The first kappa shape index (κ1) is 29.0. The van der Waals surface area contributed by atoms with Gasteiger partial charge in [0.15, 0.2) is 0 Å². The van der Waals surface area contributed by atoms with Crippen LogP contribution in [-0.4, -0.2) is 54.6 Å². The lowest BCUT2D eigenvalue weighted by atomic mass is 10.1. The molecule has 1 saturated heterocycles. The van der Waals surface area contributed by atoms with Gasteiger partial charge in [-0.1, -0.05) is 30.5 Å². The van der Waals surface area contributed by atoms with Gasteiger partial charge in [0, 0.05) is 68.2 Å². The van der Waals surface area contributed by atoms with Gasteiger partial charge in [-0.05, 0) is 54.9 Å². The number of allylic oxidation sites excluding steroid dienone is 2. The third-order valence-corrected chi connectivity index (χ3v) is 7.38. The van der Waals surface area contributed by atoms with E-state index in [1.165, 1.54) is 34.4 Å². The Labute approximate surface area is 228 Å². The van der Waals surface area contributed by atoms with Crippen molar-refractivity contribution < 1.29 is 11.0 Å². The highest BCUT2D eigenvalue weighted by Gasteiger charge is 2.20. The normalized spacial score (nSPS) is 13.7. The van der Waals surface area contributed by atoms with Crippen LogP contribution in [0.4, 0.5) is 5.95 Å². The molecule has 9 heteroatoms. The molecule has 0 spiro atoms. The van der Waals surface area contributed by atoms with Crippen molar-refractivity contribution in [1.82, 2.24) is 24.3 Å². The molecule has 4 N–H and O–H groups in total. The first-order valence-electron chi connectivity index (χ1n) is 12.4. The van der Waals surface area contributed by atoms with Crippen LogP contribution in [0.3, 0.4) is 0 Å². The Hall–Kier alpha value is -3.58. The van der Waals surface area contributed by atoms with E-state index in [1.807, 2.05) is 36.6 Å². The quantitative estimate of drug-likeness (QED) is 0.283. The fourth-order valence-electron chi connectivity index (χ4n) is 4.67. The van der Waals surface area contributed by atoms with Crippen molar-refractivity contribution in [2.45, 2.75) is 31.1 Å². The molecule has 6 rings (SSSR count). The molecule has 1 aliphatic carbocycles. The summed E-state index contributed by atoms with van der Waals surface area (Å²) in [6, 6.07) is 8.68. The first-order valence-corrected chi connectivity index (χ1v) is 13.6. The number of hydrogen-bond acceptors (Lipinski definition) is 5. The monoisotopic (exact) mass is 531 g/mol. The lowest BCUT2D eigenvalue weighted by Crippen LogP contribution is -2.20. The predicted octanol–water partition coefficient (Wildman–Crippen LogP) is 4.20. The summed E-state index contributed by atoms with van der Waals surface area (Å²) in [6.45, 7) is 4.35. The molecule has 4 heterocycles. The van der Waals surface area contributed by atoms with Gasteiger partial charge in [-0.3, -0.25) is 4.68 Å². The van der Waals surface area contributed by atoms with Crippen LogP contribution in [0.2, 0.25) is 0 Å². The molecule has 1 aromatic carbocycles. The molecule has 0 atom stereocenters. The van der Waals surface area contributed by atoms with E-state index in [-0.39, 0.29) is 11.0 Å². The highest BCUT2D eigenvalue weighted by atomic mass is 32.2. The number of fused-ring (bicyclic) bond motifs is 1. The van der Waals surface area contributed by atoms with Crippen molar-refractivity contribution in [3.63, 3.8) is 0 Å². The van der Waals surface area contributed by atoms with E-state index in [0.717, 1.165) is 47.8 Å². The van der Waals surface area contributed by atoms with Crippen molar-refractivity contribution in [1.29, 1.82) is 0 Å². The molecule has 1 radical (unpaired) electrons. The second-order valence-electron chi connectivity index (χ2n) is 9.01. The Balaban J connectivity index is 0.000000229. The van der Waals surface area contributed by atoms with Crippen molar-refractivity contribution in [2.75, 3.05) is 24.2 Å². The van der Waals surface area contributed by atoms with Gasteiger partial charge in [-0.2, -0.15) is 5.10 Å². The average Bonchev–Trinajstić information content (AvgIpc) is 3.72. The largest absolute Gasteiger partial charge is 0.412 e. The standard InChI is InChI=1S/C19H16N3S.C10H15N3.2H2O/c1-21-12-16(13-8-10-15(23-3)11-9-13)18-19(21)17(20-22(18)2)14-6-4-5-7-14;1-2-9-7-11-10(12-8-9)13-5-3-4-6-13;;/h4,6,8-12H,1-3H3;7-8H,2-6H2,1H3;2*1H2. The number of hydrogen-bond donors (Lipinski definition) is 0. The summed E-state index contributed by atoms with van der Waals surface area (Å²) in [6.07, 6.45) is 15.6. The van der Waals surface area contributed by atoms with Crippen LogP contribution in [0.1, 0.15) is 31.0 Å². The smallest absolute Gasteiger partial charge is 0.225 e. The maximum absolute atomic E-state index is 4.71. The van der Waals surface area contributed by atoms with E-state index in [1.54, 1.807) is 11.8 Å². The predicted molar refractivity (Wildman–Crippen MR) is 156 cm³/mol. The number of aromatic nitrogens is 5. The number of thioether (sulfide) groups is 1. The van der Waals surface area contributed by atoms with E-state index in [2.05, 4.69) is 81.6 Å². The molecule has 0 bridgehead atoms. The van der Waals surface area contributed by atoms with Gasteiger partial charge in [0.25, 0.3) is 0 Å². The fraction of sp³-hybridized carbons (Fsp3) is 0.310. The first-order chi connectivity index (χ1) is 17.6. The van der Waals surface area contributed by atoms with Gasteiger partial charge in [-0.15, -0.1) is 11.8 Å². The summed E-state index contributed by atoms with van der Waals surface area (Å²) in [5, 5.41) is 4.71. The minimum absolute atomic E-state index is 0. The van der Waals surface area contributed by atoms with Crippen LogP contribution < -0.4 is 4.90 Å². The summed E-state index contributed by atoms with van der Waals surface area (Å²) >= 11 is 1.76. The average molecular weight is 532 g/mol. The van der Waals surface area contributed by atoms with Crippen LogP contribution in [0, 0.1) is 6.42 Å². The van der Waals surface area contributed by atoms with Crippen molar-refractivity contribution in [3.8, 4) is 11.1 Å². The molecular weight excluding hydrogens is 496 g/mol. The van der Waals surface area contributed by atoms with E-state index >= 15 is 0 Å². The van der Waals surface area contributed by atoms with Crippen molar-refractivity contribution >= 4 is 34.3 Å². The summed E-state index contributed by atoms with van der Waals surface area (Å²) in [5.41, 5.74) is 14.0. The van der Waals surface area contributed by atoms with Gasteiger partial charge >= 0.3 is 0 Å². The zero-order chi connectivity index (χ0) is 25.1. The molecule has 0 amide bonds. The molecule has 4 aromatic rings. The van der Waals surface area contributed by atoms with E-state index in [0.29, 0.717) is 0 Å². The zero-order valence-electron chi connectivity index (χ0n) is 22.3. The lowest BCUT2D eigenvalue weighted by Gasteiger charge is -2.14. The number of nitrogens with zero attached hydrogens (tertiary/aromatic N) is 6. The molecule has 1 aliphatic heterocycles. The van der Waals surface area contributed by atoms with Gasteiger partial charge in [0.1, 0.15) is 5.69 Å². The van der Waals surface area contributed by atoms with Crippen molar-refractivity contribution in [2.24, 2.45) is 14.1 Å². The van der Waals surface area contributed by atoms with Crippen LogP contribution in [0.25, 0.3) is 27.7 Å². The second-order valence-corrected chi connectivity index (χ2v) is 9.89. The summed E-state index contributed by atoms with van der Waals surface area (Å²) in [5.74, 6) is 0.898. The van der Waals surface area contributed by atoms with Crippen LogP contribution in [-0.2, 0) is 20.5 Å². The third-order valence-electron chi connectivity index (χ3n) is 6.64. The Morgan fingerprint density at radius 2 is 1.66 bits per heavy atom. The fourth-order valence-corrected chi connectivity index (χ4v) is 5.07. The van der Waals surface area contributed by atoms with Crippen LogP contribution >= 0.6 is 11.8 Å². The lowest BCUT2D eigenvalue weighted by molar-refractivity contribution is 0.791. The van der Waals surface area contributed by atoms with Gasteiger partial charge in [0.2, 0.25) is 5.95 Å². The SMILES string of the molecule is CCc1cnc(N2CCCC2)nc1.CSc1ccc(-c2cn(C)c3c(C4=C=C=C[CH]4)nn(C)c23)cc1.O.O. The minimum atomic E-state index is 0. The van der Waals surface area contributed by atoms with E-state index in [4.69, 9.17) is 5.10 Å². The molecular formula is C29H35N6O2S. The summed E-state index contributed by atoms with van der Waals surface area (Å²) in [7, 11) is 4.07. The summed E-state index contributed by atoms with van der Waals surface area (Å²) < 4.78 is 4.11. The Morgan fingerprint density at radius 1 is 0.974 bits per heavy atom. The van der Waals surface area contributed by atoms with Gasteiger partial charge < -0.3 is 20.4 Å². The topological polar surface area (TPSA) is 115 Å². The number of benzene rings is 1. The molecule has 2 aliphatic rings. The van der Waals surface area contributed by atoms with Gasteiger partial charge in [0.05, 0.1) is 11.0 Å². The zero-order valence-corrected chi connectivity index (χ0v) is 23.1. The highest BCUT2D eigenvalue weighted by molar-refractivity contribution is 7.98. The van der Waals surface area contributed by atoms with Crippen LogP contribution in [0.15, 0.2) is 65.3 Å². The van der Waals surface area contributed by atoms with Crippen molar-refractivity contribution in [3.05, 3.63) is 78.1 Å². The van der Waals surface area contributed by atoms with E-state index in [9.17, 15) is 0 Å². The Kier molecular flexibility index (Phi) is 9.75. The molecule has 199 valence electrons. The number of anilines is 1. The maximum Gasteiger partial charge on any atom is 0.225 e. The third kappa shape index (κ3) is 5.78. The molecule has 0 unspecified atom stereocenters. The molecule has 0 saturated carbocycles. The molecule has 8 nitrogen and oxygen atoms in total. The van der Waals surface area contributed by atoms with Gasteiger partial charge in [-0.25, -0.2) is 9.97 Å².